The summed E-state index contributed by atoms with van der Waals surface area (Å²) in [6, 6.07) is 13.5. The zero-order chi connectivity index (χ0) is 40.5. The minimum absolute atomic E-state index is 0.00718. The molecule has 3 aliphatic heterocycles. The third-order valence-electron chi connectivity index (χ3n) is 13.0. The van der Waals surface area contributed by atoms with E-state index in [1.165, 1.54) is 0 Å². The van der Waals surface area contributed by atoms with Crippen molar-refractivity contribution in [3.05, 3.63) is 87.0 Å². The molecule has 0 spiro atoms. The van der Waals surface area contributed by atoms with E-state index < -0.39 is 5.97 Å². The van der Waals surface area contributed by atoms with Gasteiger partial charge in [0.15, 0.2) is 11.6 Å². The van der Waals surface area contributed by atoms with E-state index in [0.29, 0.717) is 64.6 Å². The molecule has 1 saturated heterocycles. The molecule has 8 rings (SSSR count). The predicted molar refractivity (Wildman–Crippen MR) is 219 cm³/mol. The molecule has 1 amide bonds. The van der Waals surface area contributed by atoms with Gasteiger partial charge in [-0.25, -0.2) is 9.97 Å². The molecule has 2 aromatic carbocycles. The maximum Gasteiger partial charge on any atom is 0.306 e. The summed E-state index contributed by atoms with van der Waals surface area (Å²) < 4.78 is 9.35. The monoisotopic (exact) mass is 806 g/mol. The summed E-state index contributed by atoms with van der Waals surface area (Å²) in [6.07, 6.45) is 8.10. The fourth-order valence-electron chi connectivity index (χ4n) is 9.57. The number of benzene rings is 2. The second-order valence-corrected chi connectivity index (χ2v) is 16.8. The molecule has 2 aromatic heterocycles. The molecular weight excluding hydrogens is 756 g/mol. The molecule has 0 bridgehead atoms. The van der Waals surface area contributed by atoms with E-state index in [2.05, 4.69) is 21.2 Å². The van der Waals surface area contributed by atoms with Gasteiger partial charge in [0, 0.05) is 101 Å². The Hall–Kier alpha value is -4.87. The summed E-state index contributed by atoms with van der Waals surface area (Å²) in [6.45, 7) is 5.65. The first-order valence-electron chi connectivity index (χ1n) is 20.6. The third kappa shape index (κ3) is 8.08. The fraction of sp³-hybridized carbons (Fsp3) is 0.500. The first kappa shape index (κ1) is 39.9. The fourth-order valence-corrected chi connectivity index (χ4v) is 9.84. The molecule has 4 aliphatic rings. The summed E-state index contributed by atoms with van der Waals surface area (Å²) in [4.78, 5) is 53.4. The van der Waals surface area contributed by atoms with Gasteiger partial charge in [-0.3, -0.25) is 24.2 Å². The topological polar surface area (TPSA) is 159 Å². The molecule has 1 saturated carbocycles. The van der Waals surface area contributed by atoms with Crippen molar-refractivity contribution in [2.45, 2.75) is 83.3 Å². The van der Waals surface area contributed by atoms with Crippen LogP contribution in [0.5, 0.6) is 0 Å². The maximum atomic E-state index is 13.9. The number of imidazole rings is 2. The number of hydrogen-bond donors (Lipinski definition) is 2. The van der Waals surface area contributed by atoms with Crippen molar-refractivity contribution >= 4 is 34.9 Å². The standard InChI is InChI=1S/C44H51ClN8O5/c1-50-38-15-20-53(30-16-21-58-22-17-30)26-36(38)47-41(50)39(54)23-29-5-3-6-31(33(29)24-46)32-7-4-8-34(40(32)45)49-43(55)42-48-35-25-52(19-14-37(35)51(42)2)18-13-27-9-11-28(12-10-27)44(56)57/h3-8,27-28,30H,9-23,25-26H2,1-2H3,(H,49,55)(H,56,57). The second kappa shape index (κ2) is 17.2. The minimum atomic E-state index is -0.674. The normalized spacial score (nSPS) is 20.2. The molecular formula is C44H51ClN8O5. The number of nitrogens with one attached hydrogen (secondary N) is 1. The van der Waals surface area contributed by atoms with Crippen molar-refractivity contribution in [2.24, 2.45) is 25.9 Å². The predicted octanol–water partition coefficient (Wildman–Crippen LogP) is 6.20. The number of fused-ring (bicyclic) bond motifs is 2. The highest BCUT2D eigenvalue weighted by molar-refractivity contribution is 6.36. The number of nitrogens with zero attached hydrogens (tertiary/aromatic N) is 7. The zero-order valence-corrected chi connectivity index (χ0v) is 34.1. The Balaban J connectivity index is 0.938. The lowest BCUT2D eigenvalue weighted by Gasteiger charge is -2.36. The number of aromatic nitrogens is 4. The van der Waals surface area contributed by atoms with Gasteiger partial charge in [0.05, 0.1) is 33.6 Å². The number of aliphatic carboxylic acids is 1. The molecule has 0 radical (unpaired) electrons. The van der Waals surface area contributed by atoms with Gasteiger partial charge in [0.2, 0.25) is 5.78 Å². The van der Waals surface area contributed by atoms with Crippen LogP contribution in [0.15, 0.2) is 36.4 Å². The number of ketones is 1. The van der Waals surface area contributed by atoms with Gasteiger partial charge in [0.25, 0.3) is 5.91 Å². The SMILES string of the molecule is Cn1c(C(=O)Cc2cccc(-c3cccc(NC(=O)c4nc5c(n4C)CCN(CCC4CCC(C(=O)O)CC4)C5)c3Cl)c2C#N)nc2c1CCN(C1CCOCC1)C2. The number of Topliss-reactive ketones (excluding diaryl/α,β-unsaturated/α-hetero) is 1. The van der Waals surface area contributed by atoms with E-state index in [-0.39, 0.29) is 29.1 Å². The van der Waals surface area contributed by atoms with Crippen LogP contribution in [0.2, 0.25) is 5.02 Å². The number of carbonyl (C=O) groups excluding carboxylic acids is 2. The van der Waals surface area contributed by atoms with Gasteiger partial charge in [-0.1, -0.05) is 41.9 Å². The molecule has 2 N–H and O–H groups in total. The molecule has 5 heterocycles. The minimum Gasteiger partial charge on any atom is -0.481 e. The number of anilines is 1. The van der Waals surface area contributed by atoms with E-state index >= 15 is 0 Å². The van der Waals surface area contributed by atoms with Crippen LogP contribution in [-0.2, 0) is 56.0 Å². The van der Waals surface area contributed by atoms with E-state index in [1.807, 2.05) is 41.4 Å². The van der Waals surface area contributed by atoms with Gasteiger partial charge < -0.3 is 24.3 Å². The Kier molecular flexibility index (Phi) is 11.8. The van der Waals surface area contributed by atoms with Crippen LogP contribution >= 0.6 is 11.6 Å². The highest BCUT2D eigenvalue weighted by atomic mass is 35.5. The van der Waals surface area contributed by atoms with E-state index in [4.69, 9.17) is 26.3 Å². The number of halogens is 1. The summed E-state index contributed by atoms with van der Waals surface area (Å²) in [5, 5.41) is 23.0. The average molecular weight is 807 g/mol. The summed E-state index contributed by atoms with van der Waals surface area (Å²) in [7, 11) is 3.77. The number of carboxylic acids is 1. The number of amides is 1. The lowest BCUT2D eigenvalue weighted by molar-refractivity contribution is -0.143. The molecule has 304 valence electrons. The van der Waals surface area contributed by atoms with Crippen LogP contribution in [-0.4, -0.2) is 90.6 Å². The van der Waals surface area contributed by atoms with Gasteiger partial charge in [-0.2, -0.15) is 5.26 Å². The van der Waals surface area contributed by atoms with Crippen LogP contribution in [0.1, 0.15) is 100 Å². The quantitative estimate of drug-likeness (QED) is 0.167. The lowest BCUT2D eigenvalue weighted by Crippen LogP contribution is -2.42. The Morgan fingerprint density at radius 3 is 2.31 bits per heavy atom. The second-order valence-electron chi connectivity index (χ2n) is 16.4. The highest BCUT2D eigenvalue weighted by Crippen LogP contribution is 2.37. The van der Waals surface area contributed by atoms with Gasteiger partial charge in [-0.05, 0) is 69.0 Å². The van der Waals surface area contributed by atoms with Crippen LogP contribution in [0.3, 0.4) is 0 Å². The van der Waals surface area contributed by atoms with Crippen molar-refractivity contribution in [3.63, 3.8) is 0 Å². The first-order valence-corrected chi connectivity index (χ1v) is 21.0. The third-order valence-corrected chi connectivity index (χ3v) is 13.4. The maximum absolute atomic E-state index is 13.9. The number of ether oxygens (including phenoxy) is 1. The molecule has 1 aliphatic carbocycles. The molecule has 0 atom stereocenters. The van der Waals surface area contributed by atoms with Crippen molar-refractivity contribution in [3.8, 4) is 17.2 Å². The van der Waals surface area contributed by atoms with Crippen molar-refractivity contribution in [2.75, 3.05) is 38.2 Å². The van der Waals surface area contributed by atoms with Crippen LogP contribution in [0.25, 0.3) is 11.1 Å². The molecule has 0 unspecified atom stereocenters. The molecule has 13 nitrogen and oxygen atoms in total. The number of hydrogen-bond acceptors (Lipinski definition) is 9. The van der Waals surface area contributed by atoms with Crippen LogP contribution < -0.4 is 5.32 Å². The van der Waals surface area contributed by atoms with Gasteiger partial charge in [-0.15, -0.1) is 0 Å². The molecule has 4 aromatic rings. The number of carboxylic acid groups (broad SMARTS) is 1. The van der Waals surface area contributed by atoms with Crippen molar-refractivity contribution < 1.29 is 24.2 Å². The van der Waals surface area contributed by atoms with Gasteiger partial charge in [0.1, 0.15) is 6.07 Å². The van der Waals surface area contributed by atoms with E-state index in [0.717, 1.165) is 113 Å². The Morgan fingerprint density at radius 1 is 0.897 bits per heavy atom. The average Bonchev–Trinajstić information content (AvgIpc) is 3.76. The molecule has 2 fully saturated rings. The first-order chi connectivity index (χ1) is 28.1. The largest absolute Gasteiger partial charge is 0.481 e. The zero-order valence-electron chi connectivity index (χ0n) is 33.3. The number of rotatable bonds is 11. The lowest BCUT2D eigenvalue weighted by atomic mass is 9.80. The smallest absolute Gasteiger partial charge is 0.306 e. The highest BCUT2D eigenvalue weighted by Gasteiger charge is 2.32. The van der Waals surface area contributed by atoms with Crippen LogP contribution in [0.4, 0.5) is 5.69 Å². The molecule has 58 heavy (non-hydrogen) atoms. The molecule has 14 heteroatoms. The van der Waals surface area contributed by atoms with Crippen molar-refractivity contribution in [1.29, 1.82) is 5.26 Å². The summed E-state index contributed by atoms with van der Waals surface area (Å²) in [5.74, 6) is -0.175. The van der Waals surface area contributed by atoms with E-state index in [9.17, 15) is 24.8 Å². The van der Waals surface area contributed by atoms with E-state index in [1.54, 1.807) is 18.2 Å². The number of carbonyl (C=O) groups is 3. The Labute approximate surface area is 344 Å². The van der Waals surface area contributed by atoms with Crippen molar-refractivity contribution in [1.82, 2.24) is 28.9 Å². The van der Waals surface area contributed by atoms with Gasteiger partial charge >= 0.3 is 5.97 Å². The summed E-state index contributed by atoms with van der Waals surface area (Å²) >= 11 is 7.01. The van der Waals surface area contributed by atoms with Crippen LogP contribution in [0, 0.1) is 23.2 Å². The summed E-state index contributed by atoms with van der Waals surface area (Å²) in [5.41, 5.74) is 6.42. The Bertz CT molecular complexity index is 2260. The Morgan fingerprint density at radius 2 is 1.57 bits per heavy atom. The number of nitriles is 1.